The molecule has 0 aliphatic heterocycles. The average molecular weight is 248 g/mol. The van der Waals surface area contributed by atoms with E-state index in [9.17, 15) is 13.2 Å². The van der Waals surface area contributed by atoms with E-state index in [2.05, 4.69) is 9.97 Å². The van der Waals surface area contributed by atoms with Crippen LogP contribution in [0.25, 0.3) is 0 Å². The first-order valence-corrected chi connectivity index (χ1v) is 4.94. The van der Waals surface area contributed by atoms with Crippen molar-refractivity contribution in [3.63, 3.8) is 0 Å². The molecule has 2 rings (SSSR count). The zero-order valence-corrected chi connectivity index (χ0v) is 8.66. The van der Waals surface area contributed by atoms with Crippen LogP contribution in [0.1, 0.15) is 5.69 Å². The van der Waals surface area contributed by atoms with Crippen LogP contribution >= 0.6 is 11.3 Å². The Hall–Kier alpha value is -1.63. The highest BCUT2D eigenvalue weighted by atomic mass is 32.1. The Morgan fingerprint density at radius 1 is 1.25 bits per heavy atom. The maximum absolute atomic E-state index is 11.7. The minimum absolute atomic E-state index is 0.384. The van der Waals surface area contributed by atoms with E-state index in [1.807, 2.05) is 5.38 Å². The van der Waals surface area contributed by atoms with E-state index in [4.69, 9.17) is 5.11 Å². The molecule has 3 nitrogen and oxygen atoms in total. The van der Waals surface area contributed by atoms with Gasteiger partial charge in [-0.25, -0.2) is 9.97 Å². The van der Waals surface area contributed by atoms with Crippen molar-refractivity contribution >= 4 is 11.3 Å². The molecule has 0 bridgehead atoms. The molecule has 0 unspecified atom stereocenters. The zero-order valence-electron chi connectivity index (χ0n) is 7.85. The molecule has 0 saturated heterocycles. The van der Waals surface area contributed by atoms with Crippen LogP contribution in [0.5, 0.6) is 5.06 Å². The van der Waals surface area contributed by atoms with Crippen LogP contribution in [0, 0.1) is 0 Å². The Bertz CT molecular complexity index is 402. The van der Waals surface area contributed by atoms with Crippen molar-refractivity contribution < 1.29 is 18.3 Å². The van der Waals surface area contributed by atoms with Crippen LogP contribution in [0.3, 0.4) is 0 Å². The molecule has 0 aliphatic rings. The number of thiophene rings is 1. The monoisotopic (exact) mass is 248 g/mol. The van der Waals surface area contributed by atoms with Gasteiger partial charge in [0, 0.05) is 6.20 Å². The Morgan fingerprint density at radius 3 is 2.25 bits per heavy atom. The fourth-order valence-corrected chi connectivity index (χ4v) is 1.18. The number of rotatable bonds is 0. The summed E-state index contributed by atoms with van der Waals surface area (Å²) in [6.07, 6.45) is -2.44. The summed E-state index contributed by atoms with van der Waals surface area (Å²) in [5.41, 5.74) is -0.914. The highest BCUT2D eigenvalue weighted by Gasteiger charge is 2.31. The van der Waals surface area contributed by atoms with Gasteiger partial charge in [-0.1, -0.05) is 0 Å². The van der Waals surface area contributed by atoms with E-state index in [1.54, 1.807) is 12.1 Å². The lowest BCUT2D eigenvalue weighted by molar-refractivity contribution is -0.141. The summed E-state index contributed by atoms with van der Waals surface area (Å²) < 4.78 is 35.1. The fraction of sp³-hybridized carbons (Fsp3) is 0.111. The van der Waals surface area contributed by atoms with Crippen molar-refractivity contribution in [3.05, 3.63) is 41.8 Å². The Kier molecular flexibility index (Phi) is 4.24. The summed E-state index contributed by atoms with van der Waals surface area (Å²) in [7, 11) is 0. The molecule has 0 radical (unpaired) electrons. The van der Waals surface area contributed by atoms with E-state index < -0.39 is 11.9 Å². The number of alkyl halides is 3. The summed E-state index contributed by atoms with van der Waals surface area (Å²) in [5.74, 6) is 0. The van der Waals surface area contributed by atoms with Crippen LogP contribution in [0.2, 0.25) is 0 Å². The Morgan fingerprint density at radius 2 is 2.00 bits per heavy atom. The van der Waals surface area contributed by atoms with Gasteiger partial charge in [-0.05, 0) is 23.6 Å². The number of nitrogens with zero attached hydrogens (tertiary/aromatic N) is 2. The summed E-state index contributed by atoms with van der Waals surface area (Å²) in [5, 5.41) is 10.7. The molecule has 0 atom stereocenters. The van der Waals surface area contributed by atoms with E-state index >= 15 is 0 Å². The minimum atomic E-state index is -4.36. The third-order valence-electron chi connectivity index (χ3n) is 1.38. The van der Waals surface area contributed by atoms with Gasteiger partial charge in [0.05, 0.1) is 0 Å². The van der Waals surface area contributed by atoms with E-state index in [-0.39, 0.29) is 0 Å². The Labute approximate surface area is 93.2 Å². The molecule has 0 amide bonds. The van der Waals surface area contributed by atoms with Gasteiger partial charge in [0.15, 0.2) is 5.06 Å². The second kappa shape index (κ2) is 5.45. The normalized spacial score (nSPS) is 10.4. The Balaban J connectivity index is 0.000000181. The number of hydrogen-bond donors (Lipinski definition) is 1. The van der Waals surface area contributed by atoms with E-state index in [0.29, 0.717) is 5.06 Å². The highest BCUT2D eigenvalue weighted by molar-refractivity contribution is 7.11. The van der Waals surface area contributed by atoms with Crippen molar-refractivity contribution in [2.75, 3.05) is 0 Å². The smallest absolute Gasteiger partial charge is 0.433 e. The van der Waals surface area contributed by atoms with Gasteiger partial charge in [-0.15, -0.1) is 11.3 Å². The zero-order chi connectivity index (χ0) is 12.0. The molecule has 2 heterocycles. The molecule has 0 aliphatic carbocycles. The second-order valence-corrected chi connectivity index (χ2v) is 3.47. The predicted octanol–water partition coefficient (Wildman–Crippen LogP) is 2.95. The highest BCUT2D eigenvalue weighted by Crippen LogP contribution is 2.26. The molecule has 7 heteroatoms. The minimum Gasteiger partial charge on any atom is -0.499 e. The van der Waals surface area contributed by atoms with Gasteiger partial charge in [-0.3, -0.25) is 0 Å². The fourth-order valence-electron chi connectivity index (χ4n) is 0.728. The molecule has 0 saturated carbocycles. The first-order valence-electron chi connectivity index (χ1n) is 4.06. The molecule has 2 aromatic rings. The first-order chi connectivity index (χ1) is 7.50. The largest absolute Gasteiger partial charge is 0.499 e. The predicted molar refractivity (Wildman–Crippen MR) is 53.0 cm³/mol. The second-order valence-electron chi connectivity index (χ2n) is 2.54. The van der Waals surface area contributed by atoms with Gasteiger partial charge < -0.3 is 5.11 Å². The number of hydrogen-bond acceptors (Lipinski definition) is 4. The molecule has 0 fully saturated rings. The number of halogens is 3. The van der Waals surface area contributed by atoms with Crippen molar-refractivity contribution in [1.82, 2.24) is 9.97 Å². The maximum Gasteiger partial charge on any atom is 0.433 e. The molecule has 1 N–H and O–H groups in total. The molecule has 16 heavy (non-hydrogen) atoms. The third kappa shape index (κ3) is 4.26. The average Bonchev–Trinajstić information content (AvgIpc) is 2.70. The SMILES string of the molecule is FC(F)(F)c1ccncn1.Oc1cccs1. The lowest BCUT2D eigenvalue weighted by Crippen LogP contribution is -2.07. The number of aromatic hydroxyl groups is 1. The first kappa shape index (κ1) is 12.4. The van der Waals surface area contributed by atoms with Crippen LogP contribution < -0.4 is 0 Å². The van der Waals surface area contributed by atoms with Gasteiger partial charge in [-0.2, -0.15) is 13.2 Å². The molecule has 86 valence electrons. The van der Waals surface area contributed by atoms with Crippen LogP contribution in [-0.4, -0.2) is 15.1 Å². The van der Waals surface area contributed by atoms with E-state index in [0.717, 1.165) is 18.6 Å². The summed E-state index contributed by atoms with van der Waals surface area (Å²) in [6, 6.07) is 4.28. The lowest BCUT2D eigenvalue weighted by atomic mass is 10.4. The van der Waals surface area contributed by atoms with Crippen molar-refractivity contribution in [3.8, 4) is 5.06 Å². The molecular formula is C9H7F3N2OS. The summed E-state index contributed by atoms with van der Waals surface area (Å²) in [4.78, 5) is 6.36. The summed E-state index contributed by atoms with van der Waals surface area (Å²) in [6.45, 7) is 0. The van der Waals surface area contributed by atoms with Crippen molar-refractivity contribution in [2.45, 2.75) is 6.18 Å². The van der Waals surface area contributed by atoms with Crippen LogP contribution in [0.15, 0.2) is 36.1 Å². The van der Waals surface area contributed by atoms with Crippen molar-refractivity contribution in [2.24, 2.45) is 0 Å². The van der Waals surface area contributed by atoms with Gasteiger partial charge in [0.2, 0.25) is 0 Å². The standard InChI is InChI=1S/C5H3F3N2.C4H4OS/c6-5(7,8)4-1-2-9-3-10-4;5-4-2-1-3-6-4/h1-3H;1-3,5H. The van der Waals surface area contributed by atoms with Gasteiger partial charge in [0.1, 0.15) is 12.0 Å². The van der Waals surface area contributed by atoms with Crippen LogP contribution in [0.4, 0.5) is 13.2 Å². The van der Waals surface area contributed by atoms with Crippen LogP contribution in [-0.2, 0) is 6.18 Å². The van der Waals surface area contributed by atoms with Gasteiger partial charge in [0.25, 0.3) is 0 Å². The molecule has 0 aromatic carbocycles. The van der Waals surface area contributed by atoms with Crippen molar-refractivity contribution in [1.29, 1.82) is 0 Å². The number of aromatic nitrogens is 2. The summed E-state index contributed by atoms with van der Waals surface area (Å²) >= 11 is 1.33. The topological polar surface area (TPSA) is 46.0 Å². The van der Waals surface area contributed by atoms with E-state index in [1.165, 1.54) is 11.3 Å². The molecule has 0 spiro atoms. The quantitative estimate of drug-likeness (QED) is 0.779. The van der Waals surface area contributed by atoms with Gasteiger partial charge >= 0.3 is 6.18 Å². The molecule has 2 aromatic heterocycles. The molecular weight excluding hydrogens is 241 g/mol. The maximum atomic E-state index is 11.7. The third-order valence-corrected chi connectivity index (χ3v) is 2.05. The lowest BCUT2D eigenvalue weighted by Gasteiger charge is -2.02.